The number of fused-ring (bicyclic) bond motifs is 1. The fourth-order valence-electron chi connectivity index (χ4n) is 2.87. The number of aromatic nitrogens is 3. The van der Waals surface area contributed by atoms with Gasteiger partial charge >= 0.3 is 0 Å². The highest BCUT2D eigenvalue weighted by Crippen LogP contribution is 2.28. The molecule has 2 aromatic heterocycles. The highest BCUT2D eigenvalue weighted by atomic mass is 16.5. The van der Waals surface area contributed by atoms with Crippen LogP contribution in [-0.2, 0) is 0 Å². The van der Waals surface area contributed by atoms with E-state index in [0.717, 1.165) is 16.6 Å². The van der Waals surface area contributed by atoms with Crippen LogP contribution in [0.1, 0.15) is 21.8 Å². The monoisotopic (exact) mass is 332 g/mol. The van der Waals surface area contributed by atoms with E-state index >= 15 is 0 Å². The van der Waals surface area contributed by atoms with Crippen molar-refractivity contribution in [2.75, 3.05) is 5.32 Å². The summed E-state index contributed by atoms with van der Waals surface area (Å²) in [4.78, 5) is 20.5. The van der Waals surface area contributed by atoms with Crippen molar-refractivity contribution in [3.8, 4) is 11.4 Å². The predicted octanol–water partition coefficient (Wildman–Crippen LogP) is 4.09. The highest BCUT2D eigenvalue weighted by molar-refractivity contribution is 6.07. The highest BCUT2D eigenvalue weighted by Gasteiger charge is 2.19. The molecule has 0 spiro atoms. The summed E-state index contributed by atoms with van der Waals surface area (Å²) < 4.78 is 5.08. The minimum atomic E-state index is -0.250. The SMILES string of the molecule is Cc1noc(C)c1C(=O)Nc1ccccc1-c1nc2ccccc2[nH]1. The minimum absolute atomic E-state index is 0.250. The number of imidazole rings is 1. The molecule has 0 aliphatic heterocycles. The zero-order valence-corrected chi connectivity index (χ0v) is 13.8. The van der Waals surface area contributed by atoms with Gasteiger partial charge in [0.05, 0.1) is 22.4 Å². The lowest BCUT2D eigenvalue weighted by atomic mass is 10.1. The van der Waals surface area contributed by atoms with Crippen molar-refractivity contribution in [3.63, 3.8) is 0 Å². The second-order valence-electron chi connectivity index (χ2n) is 5.80. The van der Waals surface area contributed by atoms with Crippen LogP contribution in [0.4, 0.5) is 5.69 Å². The Morgan fingerprint density at radius 1 is 1.08 bits per heavy atom. The Kier molecular flexibility index (Phi) is 3.57. The molecular weight excluding hydrogens is 316 g/mol. The number of para-hydroxylation sites is 3. The minimum Gasteiger partial charge on any atom is -0.361 e. The Bertz CT molecular complexity index is 1030. The largest absolute Gasteiger partial charge is 0.361 e. The number of carbonyl (C=O) groups excluding carboxylic acids is 1. The van der Waals surface area contributed by atoms with Crippen LogP contribution in [0.2, 0.25) is 0 Å². The third-order valence-electron chi connectivity index (χ3n) is 4.08. The number of nitrogens with one attached hydrogen (secondary N) is 2. The summed E-state index contributed by atoms with van der Waals surface area (Å²) in [6.45, 7) is 3.47. The summed E-state index contributed by atoms with van der Waals surface area (Å²) in [5.74, 6) is 0.951. The Morgan fingerprint density at radius 2 is 1.84 bits per heavy atom. The molecule has 4 aromatic rings. The summed E-state index contributed by atoms with van der Waals surface area (Å²) in [5, 5.41) is 6.77. The number of nitrogens with zero attached hydrogens (tertiary/aromatic N) is 2. The quantitative estimate of drug-likeness (QED) is 0.592. The third-order valence-corrected chi connectivity index (χ3v) is 4.08. The molecule has 6 nitrogen and oxygen atoms in total. The van der Waals surface area contributed by atoms with E-state index in [2.05, 4.69) is 20.4 Å². The van der Waals surface area contributed by atoms with Crippen LogP contribution in [0, 0.1) is 13.8 Å². The summed E-state index contributed by atoms with van der Waals surface area (Å²) in [5.41, 5.74) is 4.34. The van der Waals surface area contributed by atoms with Crippen LogP contribution >= 0.6 is 0 Å². The van der Waals surface area contributed by atoms with E-state index in [-0.39, 0.29) is 5.91 Å². The van der Waals surface area contributed by atoms with Crippen molar-refractivity contribution >= 4 is 22.6 Å². The van der Waals surface area contributed by atoms with Gasteiger partial charge in [-0.25, -0.2) is 4.98 Å². The van der Waals surface area contributed by atoms with Crippen molar-refractivity contribution < 1.29 is 9.32 Å². The van der Waals surface area contributed by atoms with E-state index in [1.807, 2.05) is 48.5 Å². The lowest BCUT2D eigenvalue weighted by Crippen LogP contribution is -2.14. The van der Waals surface area contributed by atoms with Gasteiger partial charge in [0.2, 0.25) is 0 Å². The van der Waals surface area contributed by atoms with Gasteiger partial charge in [0, 0.05) is 5.56 Å². The smallest absolute Gasteiger partial charge is 0.261 e. The maximum absolute atomic E-state index is 12.6. The molecule has 124 valence electrons. The molecule has 0 fully saturated rings. The van der Waals surface area contributed by atoms with Crippen molar-refractivity contribution in [2.24, 2.45) is 0 Å². The summed E-state index contributed by atoms with van der Waals surface area (Å²) in [6.07, 6.45) is 0. The van der Waals surface area contributed by atoms with Gasteiger partial charge in [0.15, 0.2) is 0 Å². The molecule has 0 aliphatic rings. The number of anilines is 1. The van der Waals surface area contributed by atoms with Crippen LogP contribution in [0.15, 0.2) is 53.1 Å². The number of aromatic amines is 1. The first-order valence-corrected chi connectivity index (χ1v) is 7.92. The predicted molar refractivity (Wildman–Crippen MR) is 95.5 cm³/mol. The molecule has 2 aromatic carbocycles. The number of carbonyl (C=O) groups is 1. The lowest BCUT2D eigenvalue weighted by molar-refractivity contribution is 0.102. The lowest BCUT2D eigenvalue weighted by Gasteiger charge is -2.09. The topological polar surface area (TPSA) is 83.8 Å². The van der Waals surface area contributed by atoms with Gasteiger partial charge in [-0.1, -0.05) is 29.4 Å². The van der Waals surface area contributed by atoms with Crippen molar-refractivity contribution in [2.45, 2.75) is 13.8 Å². The number of rotatable bonds is 3. The molecule has 0 radical (unpaired) electrons. The number of H-pyrrole nitrogens is 1. The molecule has 0 saturated carbocycles. The van der Waals surface area contributed by atoms with Gasteiger partial charge in [0.1, 0.15) is 17.1 Å². The van der Waals surface area contributed by atoms with Crippen LogP contribution in [0.5, 0.6) is 0 Å². The van der Waals surface area contributed by atoms with E-state index in [1.165, 1.54) is 0 Å². The van der Waals surface area contributed by atoms with Crippen LogP contribution < -0.4 is 5.32 Å². The standard InChI is InChI=1S/C19H16N4O2/c1-11-17(12(2)25-23-11)19(24)22-14-8-4-3-7-13(14)18-20-15-9-5-6-10-16(15)21-18/h3-10H,1-2H3,(H,20,21)(H,22,24). The van der Waals surface area contributed by atoms with Crippen LogP contribution in [-0.4, -0.2) is 21.0 Å². The number of aryl methyl sites for hydroxylation is 2. The first-order chi connectivity index (χ1) is 12.1. The van der Waals surface area contributed by atoms with Gasteiger partial charge in [-0.2, -0.15) is 0 Å². The number of amides is 1. The van der Waals surface area contributed by atoms with E-state index < -0.39 is 0 Å². The van der Waals surface area contributed by atoms with Crippen molar-refractivity contribution in [3.05, 3.63) is 65.5 Å². The third kappa shape index (κ3) is 2.67. The second-order valence-corrected chi connectivity index (χ2v) is 5.80. The van der Waals surface area contributed by atoms with Crippen molar-refractivity contribution in [1.82, 2.24) is 15.1 Å². The number of hydrogen-bond donors (Lipinski definition) is 2. The molecule has 25 heavy (non-hydrogen) atoms. The molecular formula is C19H16N4O2. The Labute approximate surface area is 143 Å². The van der Waals surface area contributed by atoms with Gasteiger partial charge in [-0.05, 0) is 38.1 Å². The molecule has 2 heterocycles. The molecule has 0 bridgehead atoms. The van der Waals surface area contributed by atoms with Gasteiger partial charge in [0.25, 0.3) is 5.91 Å². The summed E-state index contributed by atoms with van der Waals surface area (Å²) in [6, 6.07) is 15.4. The Morgan fingerprint density at radius 3 is 2.60 bits per heavy atom. The van der Waals surface area contributed by atoms with Gasteiger partial charge in [-0.15, -0.1) is 0 Å². The van der Waals surface area contributed by atoms with Gasteiger partial charge < -0.3 is 14.8 Å². The molecule has 0 saturated heterocycles. The molecule has 4 rings (SSSR count). The van der Waals surface area contributed by atoms with E-state index in [1.54, 1.807) is 13.8 Å². The second kappa shape index (κ2) is 5.90. The summed E-state index contributed by atoms with van der Waals surface area (Å²) >= 11 is 0. The maximum atomic E-state index is 12.6. The van der Waals surface area contributed by atoms with Crippen LogP contribution in [0.3, 0.4) is 0 Å². The molecule has 0 unspecified atom stereocenters. The van der Waals surface area contributed by atoms with Crippen molar-refractivity contribution in [1.29, 1.82) is 0 Å². The first kappa shape index (κ1) is 15.1. The molecule has 2 N–H and O–H groups in total. The fraction of sp³-hybridized carbons (Fsp3) is 0.105. The average Bonchev–Trinajstić information content (AvgIpc) is 3.18. The van der Waals surface area contributed by atoms with E-state index in [0.29, 0.717) is 28.5 Å². The fourth-order valence-corrected chi connectivity index (χ4v) is 2.87. The molecule has 6 heteroatoms. The number of hydrogen-bond acceptors (Lipinski definition) is 4. The number of benzene rings is 2. The zero-order chi connectivity index (χ0) is 17.4. The van der Waals surface area contributed by atoms with Gasteiger partial charge in [-0.3, -0.25) is 4.79 Å². The van der Waals surface area contributed by atoms with Crippen LogP contribution in [0.25, 0.3) is 22.4 Å². The average molecular weight is 332 g/mol. The van der Waals surface area contributed by atoms with E-state index in [9.17, 15) is 4.79 Å². The first-order valence-electron chi connectivity index (χ1n) is 7.92. The maximum Gasteiger partial charge on any atom is 0.261 e. The molecule has 1 amide bonds. The Hall–Kier alpha value is -3.41. The zero-order valence-electron chi connectivity index (χ0n) is 13.8. The molecule has 0 atom stereocenters. The normalized spacial score (nSPS) is 11.0. The van der Waals surface area contributed by atoms with E-state index in [4.69, 9.17) is 4.52 Å². The molecule has 0 aliphatic carbocycles. The summed E-state index contributed by atoms with van der Waals surface area (Å²) in [7, 11) is 0. The Balaban J connectivity index is 1.73.